The van der Waals surface area contributed by atoms with Crippen LogP contribution in [-0.2, 0) is 9.53 Å². The predicted molar refractivity (Wildman–Crippen MR) is 84.3 cm³/mol. The standard InChI is InChI=1S/C18H25NO3/c1-12(2)19-14-8-9-15(19)11-16(10-14)22-18(21)17(20)13-6-4-3-5-7-13/h3-7,12,14-17,20H,8-11H2,1-2H3/t14-,15+,16?,17?. The molecule has 2 unspecified atom stereocenters. The van der Waals surface area contributed by atoms with Crippen LogP contribution in [0.3, 0.4) is 0 Å². The summed E-state index contributed by atoms with van der Waals surface area (Å²) in [4.78, 5) is 14.7. The molecular weight excluding hydrogens is 278 g/mol. The lowest BCUT2D eigenvalue weighted by molar-refractivity contribution is -0.163. The highest BCUT2D eigenvalue weighted by molar-refractivity contribution is 5.76. The van der Waals surface area contributed by atoms with Crippen molar-refractivity contribution in [2.45, 2.75) is 69.9 Å². The van der Waals surface area contributed by atoms with Gasteiger partial charge in [0.25, 0.3) is 0 Å². The average molecular weight is 303 g/mol. The van der Waals surface area contributed by atoms with E-state index >= 15 is 0 Å². The van der Waals surface area contributed by atoms with E-state index in [0.717, 1.165) is 12.8 Å². The molecule has 4 nitrogen and oxygen atoms in total. The molecule has 1 aromatic rings. The number of aliphatic hydroxyl groups is 1. The van der Waals surface area contributed by atoms with Crippen LogP contribution in [0.15, 0.2) is 30.3 Å². The second-order valence-corrected chi connectivity index (χ2v) is 6.77. The van der Waals surface area contributed by atoms with Crippen LogP contribution in [0.4, 0.5) is 0 Å². The van der Waals surface area contributed by atoms with Gasteiger partial charge in [0.2, 0.25) is 0 Å². The van der Waals surface area contributed by atoms with E-state index in [1.165, 1.54) is 12.8 Å². The number of nitrogens with zero attached hydrogens (tertiary/aromatic N) is 1. The van der Waals surface area contributed by atoms with Gasteiger partial charge in [0.1, 0.15) is 6.10 Å². The molecule has 0 aliphatic carbocycles. The first kappa shape index (κ1) is 15.5. The molecule has 0 aromatic heterocycles. The minimum atomic E-state index is -1.18. The van der Waals surface area contributed by atoms with Gasteiger partial charge in [0.05, 0.1) is 0 Å². The molecule has 2 fully saturated rings. The first-order valence-corrected chi connectivity index (χ1v) is 8.27. The lowest BCUT2D eigenvalue weighted by Crippen LogP contribution is -2.49. The Balaban J connectivity index is 1.60. The van der Waals surface area contributed by atoms with E-state index in [4.69, 9.17) is 4.74 Å². The molecule has 0 amide bonds. The fourth-order valence-electron chi connectivity index (χ4n) is 4.10. The second-order valence-electron chi connectivity index (χ2n) is 6.77. The normalized spacial score (nSPS) is 29.5. The number of rotatable bonds is 4. The second kappa shape index (κ2) is 6.39. The first-order chi connectivity index (χ1) is 10.6. The van der Waals surface area contributed by atoms with Crippen LogP contribution in [0, 0.1) is 0 Å². The van der Waals surface area contributed by atoms with Gasteiger partial charge in [-0.25, -0.2) is 4.79 Å². The Hall–Kier alpha value is -1.39. The van der Waals surface area contributed by atoms with Crippen LogP contribution < -0.4 is 0 Å². The summed E-state index contributed by atoms with van der Waals surface area (Å²) in [6, 6.07) is 10.6. The van der Waals surface area contributed by atoms with Gasteiger partial charge in [-0.05, 0) is 32.3 Å². The molecule has 2 aliphatic rings. The van der Waals surface area contributed by atoms with E-state index in [9.17, 15) is 9.90 Å². The fourth-order valence-corrected chi connectivity index (χ4v) is 4.10. The van der Waals surface area contributed by atoms with Crippen LogP contribution >= 0.6 is 0 Å². The summed E-state index contributed by atoms with van der Waals surface area (Å²) in [5, 5.41) is 10.1. The van der Waals surface area contributed by atoms with E-state index in [2.05, 4.69) is 18.7 Å². The van der Waals surface area contributed by atoms with E-state index in [1.807, 2.05) is 18.2 Å². The Bertz CT molecular complexity index is 502. The maximum Gasteiger partial charge on any atom is 0.339 e. The summed E-state index contributed by atoms with van der Waals surface area (Å²) >= 11 is 0. The van der Waals surface area contributed by atoms with E-state index < -0.39 is 12.1 Å². The summed E-state index contributed by atoms with van der Waals surface area (Å²) < 4.78 is 5.60. The van der Waals surface area contributed by atoms with Crippen molar-refractivity contribution in [1.29, 1.82) is 0 Å². The van der Waals surface area contributed by atoms with Crippen molar-refractivity contribution in [1.82, 2.24) is 4.90 Å². The molecular formula is C18H25NO3. The number of fused-ring (bicyclic) bond motifs is 2. The van der Waals surface area contributed by atoms with Crippen molar-refractivity contribution in [2.24, 2.45) is 0 Å². The first-order valence-electron chi connectivity index (χ1n) is 8.27. The largest absolute Gasteiger partial charge is 0.460 e. The minimum Gasteiger partial charge on any atom is -0.460 e. The number of hydrogen-bond donors (Lipinski definition) is 1. The molecule has 0 radical (unpaired) electrons. The van der Waals surface area contributed by atoms with Crippen LogP contribution in [0.25, 0.3) is 0 Å². The Morgan fingerprint density at radius 1 is 1.18 bits per heavy atom. The van der Waals surface area contributed by atoms with Gasteiger partial charge in [0.15, 0.2) is 6.10 Å². The van der Waals surface area contributed by atoms with Crippen LogP contribution in [0.5, 0.6) is 0 Å². The quantitative estimate of drug-likeness (QED) is 0.869. The van der Waals surface area contributed by atoms with Crippen molar-refractivity contribution in [3.05, 3.63) is 35.9 Å². The van der Waals surface area contributed by atoms with Gasteiger partial charge in [-0.3, -0.25) is 4.90 Å². The van der Waals surface area contributed by atoms with Crippen molar-refractivity contribution < 1.29 is 14.6 Å². The van der Waals surface area contributed by atoms with Gasteiger partial charge in [0, 0.05) is 31.0 Å². The van der Waals surface area contributed by atoms with Crippen molar-refractivity contribution in [3.8, 4) is 0 Å². The summed E-state index contributed by atoms with van der Waals surface area (Å²) in [6.45, 7) is 4.47. The zero-order valence-corrected chi connectivity index (χ0v) is 13.3. The molecule has 4 atom stereocenters. The zero-order chi connectivity index (χ0) is 15.7. The summed E-state index contributed by atoms with van der Waals surface area (Å²) in [5.74, 6) is -0.520. The number of carbonyl (C=O) groups excluding carboxylic acids is 1. The van der Waals surface area contributed by atoms with Crippen molar-refractivity contribution in [3.63, 3.8) is 0 Å². The number of carbonyl (C=O) groups is 1. The third-order valence-corrected chi connectivity index (χ3v) is 4.96. The lowest BCUT2D eigenvalue weighted by Gasteiger charge is -2.41. The zero-order valence-electron chi connectivity index (χ0n) is 13.3. The number of piperidine rings is 1. The number of benzene rings is 1. The topological polar surface area (TPSA) is 49.8 Å². The summed E-state index contributed by atoms with van der Waals surface area (Å²) in [6.07, 6.45) is 2.93. The van der Waals surface area contributed by atoms with Crippen molar-refractivity contribution >= 4 is 5.97 Å². The van der Waals surface area contributed by atoms with Gasteiger partial charge < -0.3 is 9.84 Å². The highest BCUT2D eigenvalue weighted by Gasteiger charge is 2.43. The minimum absolute atomic E-state index is 0.0571. The molecule has 2 bridgehead atoms. The van der Waals surface area contributed by atoms with Gasteiger partial charge in [-0.1, -0.05) is 30.3 Å². The fraction of sp³-hybridized carbons (Fsp3) is 0.611. The van der Waals surface area contributed by atoms with Crippen LogP contribution in [0.2, 0.25) is 0 Å². The molecule has 1 aromatic carbocycles. The van der Waals surface area contributed by atoms with Gasteiger partial charge >= 0.3 is 5.97 Å². The Kier molecular flexibility index (Phi) is 4.50. The monoisotopic (exact) mass is 303 g/mol. The molecule has 2 heterocycles. The number of ether oxygens (including phenoxy) is 1. The summed E-state index contributed by atoms with van der Waals surface area (Å²) in [5.41, 5.74) is 0.593. The smallest absolute Gasteiger partial charge is 0.339 e. The number of aliphatic hydroxyl groups excluding tert-OH is 1. The molecule has 3 rings (SSSR count). The molecule has 22 heavy (non-hydrogen) atoms. The molecule has 2 saturated heterocycles. The highest BCUT2D eigenvalue weighted by atomic mass is 16.6. The lowest BCUT2D eigenvalue weighted by atomic mass is 9.98. The maximum absolute atomic E-state index is 12.2. The maximum atomic E-state index is 12.2. The molecule has 120 valence electrons. The van der Waals surface area contributed by atoms with Gasteiger partial charge in [-0.2, -0.15) is 0 Å². The number of esters is 1. The third-order valence-electron chi connectivity index (χ3n) is 4.96. The highest BCUT2D eigenvalue weighted by Crippen LogP contribution is 2.38. The Labute approximate surface area is 132 Å². The van der Waals surface area contributed by atoms with Crippen LogP contribution in [-0.4, -0.2) is 40.2 Å². The molecule has 0 spiro atoms. The Morgan fingerprint density at radius 3 is 2.32 bits per heavy atom. The van der Waals surface area contributed by atoms with E-state index in [-0.39, 0.29) is 6.10 Å². The average Bonchev–Trinajstić information content (AvgIpc) is 2.79. The van der Waals surface area contributed by atoms with E-state index in [0.29, 0.717) is 23.7 Å². The van der Waals surface area contributed by atoms with E-state index in [1.54, 1.807) is 12.1 Å². The molecule has 2 aliphatic heterocycles. The molecule has 4 heteroatoms. The molecule has 1 N–H and O–H groups in total. The SMILES string of the molecule is CC(C)N1[C@@H]2CC[C@H]1CC(OC(=O)C(O)c1ccccc1)C2. The number of hydrogen-bond acceptors (Lipinski definition) is 4. The summed E-state index contributed by atoms with van der Waals surface area (Å²) in [7, 11) is 0. The third kappa shape index (κ3) is 3.03. The Morgan fingerprint density at radius 2 is 1.77 bits per heavy atom. The van der Waals surface area contributed by atoms with Crippen molar-refractivity contribution in [2.75, 3.05) is 0 Å². The van der Waals surface area contributed by atoms with Gasteiger partial charge in [-0.15, -0.1) is 0 Å². The predicted octanol–water partition coefficient (Wildman–Crippen LogP) is 2.67. The van der Waals surface area contributed by atoms with Crippen LogP contribution in [0.1, 0.15) is 51.2 Å². The molecule has 0 saturated carbocycles.